The number of anilines is 1. The summed E-state index contributed by atoms with van der Waals surface area (Å²) in [4.78, 5) is 48.2. The molecule has 1 unspecified atom stereocenters. The number of carbonyl (C=O) groups is 1. The third-order valence-electron chi connectivity index (χ3n) is 7.42. The number of carbonyl (C=O) groups excluding carboxylic acids is 1. The molecule has 2 N–H and O–H groups in total. The van der Waals surface area contributed by atoms with Gasteiger partial charge < -0.3 is 19.9 Å². The van der Waals surface area contributed by atoms with Gasteiger partial charge in [0.25, 0.3) is 11.1 Å². The van der Waals surface area contributed by atoms with E-state index in [0.29, 0.717) is 38.0 Å². The quantitative estimate of drug-likeness (QED) is 0.205. The maximum absolute atomic E-state index is 13.1. The summed E-state index contributed by atoms with van der Waals surface area (Å²) in [5.74, 6) is 0.315. The van der Waals surface area contributed by atoms with Crippen LogP contribution in [0.1, 0.15) is 30.7 Å². The van der Waals surface area contributed by atoms with Crippen LogP contribution in [0.3, 0.4) is 0 Å². The van der Waals surface area contributed by atoms with E-state index in [1.165, 1.54) is 42.3 Å². The number of hydrogen-bond acceptors (Lipinski definition) is 9. The fraction of sp³-hybridized carbons (Fsp3) is 0.229. The van der Waals surface area contributed by atoms with Crippen LogP contribution in [-0.2, 0) is 35.8 Å². The van der Waals surface area contributed by atoms with E-state index in [1.807, 2.05) is 43.3 Å². The Morgan fingerprint density at radius 2 is 1.65 bits per heavy atom. The molecule has 0 spiro atoms. The highest BCUT2D eigenvalue weighted by atomic mass is 35.5. The second kappa shape index (κ2) is 16.3. The summed E-state index contributed by atoms with van der Waals surface area (Å²) >= 11 is 5.73. The van der Waals surface area contributed by atoms with Gasteiger partial charge in [-0.2, -0.15) is 23.0 Å². The second-order valence-electron chi connectivity index (χ2n) is 10.9. The molecule has 1 atom stereocenters. The molecule has 0 aliphatic heterocycles. The number of rotatable bonds is 9. The number of halogens is 4. The molecular formula is C35H33ClF3N5O7. The first-order valence-electron chi connectivity index (χ1n) is 15.2. The summed E-state index contributed by atoms with van der Waals surface area (Å²) < 4.78 is 57.7. The second-order valence-corrected chi connectivity index (χ2v) is 11.2. The molecule has 0 bridgehead atoms. The van der Waals surface area contributed by atoms with E-state index in [9.17, 15) is 32.3 Å². The number of alkyl halides is 3. The van der Waals surface area contributed by atoms with Crippen LogP contribution in [0.4, 0.5) is 18.9 Å². The number of benzene rings is 3. The predicted molar refractivity (Wildman–Crippen MR) is 184 cm³/mol. The van der Waals surface area contributed by atoms with E-state index in [1.54, 1.807) is 19.1 Å². The van der Waals surface area contributed by atoms with E-state index < -0.39 is 40.8 Å². The lowest BCUT2D eigenvalue weighted by Gasteiger charge is -2.17. The van der Waals surface area contributed by atoms with Gasteiger partial charge in [-0.25, -0.2) is 14.2 Å². The highest BCUT2D eigenvalue weighted by molar-refractivity contribution is 6.32. The van der Waals surface area contributed by atoms with Crippen molar-refractivity contribution >= 4 is 23.3 Å². The summed E-state index contributed by atoms with van der Waals surface area (Å²) in [5.41, 5.74) is 4.09. The number of hydrogen-bond donors (Lipinski definition) is 1. The number of nitrogens with zero attached hydrogens (tertiary/aromatic N) is 4. The van der Waals surface area contributed by atoms with Crippen molar-refractivity contribution in [1.29, 1.82) is 0 Å². The van der Waals surface area contributed by atoms with Crippen LogP contribution in [0.2, 0.25) is 5.02 Å². The number of methoxy groups -OCH3 is 1. The SMILES string of the molecule is CCc1ccc(COc2ccc(-n3c(=O)cc(C(F)(F)F)n(C)c3=O)cc2)c(OC(C)C(=O)OC)c1.Nc1cnn(-c2ccccc2)c(=O)c1Cl. The van der Waals surface area contributed by atoms with Gasteiger partial charge in [0.15, 0.2) is 6.10 Å². The van der Waals surface area contributed by atoms with Crippen molar-refractivity contribution in [3.8, 4) is 22.9 Å². The van der Waals surface area contributed by atoms with Crippen LogP contribution in [0, 0.1) is 0 Å². The zero-order valence-corrected chi connectivity index (χ0v) is 28.6. The van der Waals surface area contributed by atoms with E-state index in [0.717, 1.165) is 19.0 Å². The van der Waals surface area contributed by atoms with Gasteiger partial charge in [0.1, 0.15) is 28.8 Å². The largest absolute Gasteiger partial charge is 0.489 e. The van der Waals surface area contributed by atoms with Crippen molar-refractivity contribution in [2.75, 3.05) is 12.8 Å². The predicted octanol–water partition coefficient (Wildman–Crippen LogP) is 5.10. The van der Waals surface area contributed by atoms with Crippen LogP contribution in [0.15, 0.2) is 99.4 Å². The van der Waals surface area contributed by atoms with Crippen LogP contribution in [0.25, 0.3) is 11.4 Å². The molecule has 16 heteroatoms. The smallest absolute Gasteiger partial charge is 0.431 e. The minimum Gasteiger partial charge on any atom is -0.489 e. The van der Waals surface area contributed by atoms with E-state index in [-0.39, 0.29) is 23.0 Å². The molecule has 2 aromatic heterocycles. The highest BCUT2D eigenvalue weighted by Crippen LogP contribution is 2.27. The van der Waals surface area contributed by atoms with E-state index in [4.69, 9.17) is 31.5 Å². The van der Waals surface area contributed by atoms with Gasteiger partial charge in [-0.1, -0.05) is 48.9 Å². The molecule has 12 nitrogen and oxygen atoms in total. The van der Waals surface area contributed by atoms with Crippen LogP contribution in [0.5, 0.6) is 11.5 Å². The monoisotopic (exact) mass is 727 g/mol. The Hall–Kier alpha value is -5.83. The number of nitrogens with two attached hydrogens (primary N) is 1. The molecular weight excluding hydrogens is 695 g/mol. The number of para-hydroxylation sites is 1. The van der Waals surface area contributed by atoms with Crippen LogP contribution in [-0.4, -0.2) is 38.1 Å². The Balaban J connectivity index is 0.000000322. The molecule has 2 heterocycles. The summed E-state index contributed by atoms with van der Waals surface area (Å²) in [5, 5.41) is 3.90. The number of aromatic nitrogens is 4. The number of ether oxygens (including phenoxy) is 3. The normalized spacial score (nSPS) is 11.6. The number of nitrogen functional groups attached to an aromatic ring is 1. The molecule has 0 fully saturated rings. The topological polar surface area (TPSA) is 150 Å². The molecule has 5 aromatic rings. The Bertz CT molecular complexity index is 2180. The molecule has 51 heavy (non-hydrogen) atoms. The summed E-state index contributed by atoms with van der Waals surface area (Å²) in [6, 6.07) is 20.7. The van der Waals surface area contributed by atoms with Crippen molar-refractivity contribution < 1.29 is 32.2 Å². The first-order chi connectivity index (χ1) is 24.2. The lowest BCUT2D eigenvalue weighted by atomic mass is 10.1. The maximum atomic E-state index is 13.1. The maximum Gasteiger partial charge on any atom is 0.431 e. The number of esters is 1. The van der Waals surface area contributed by atoms with Crippen molar-refractivity contribution in [1.82, 2.24) is 18.9 Å². The van der Waals surface area contributed by atoms with Crippen LogP contribution < -0.4 is 32.0 Å². The van der Waals surface area contributed by atoms with Gasteiger partial charge in [0.2, 0.25) is 0 Å². The highest BCUT2D eigenvalue weighted by Gasteiger charge is 2.35. The minimum absolute atomic E-state index is 0.00569. The summed E-state index contributed by atoms with van der Waals surface area (Å²) in [7, 11) is 2.22. The van der Waals surface area contributed by atoms with Crippen LogP contribution >= 0.6 is 11.6 Å². The average Bonchev–Trinajstić information content (AvgIpc) is 3.12. The molecule has 0 aliphatic rings. The molecule has 0 aliphatic carbocycles. The number of aryl methyl sites for hydroxylation is 1. The first-order valence-corrected chi connectivity index (χ1v) is 15.6. The molecule has 3 aromatic carbocycles. The zero-order chi connectivity index (χ0) is 37.5. The Labute approximate surface area is 294 Å². The first kappa shape index (κ1) is 38.0. The summed E-state index contributed by atoms with van der Waals surface area (Å²) in [6.45, 7) is 3.63. The fourth-order valence-electron chi connectivity index (χ4n) is 4.64. The Morgan fingerprint density at radius 1 is 0.980 bits per heavy atom. The molecule has 0 saturated carbocycles. The van der Waals surface area contributed by atoms with Gasteiger partial charge in [0, 0.05) is 18.7 Å². The molecule has 0 saturated heterocycles. The molecule has 0 amide bonds. The minimum atomic E-state index is -4.84. The van der Waals surface area contributed by atoms with Crippen molar-refractivity contribution in [3.05, 3.63) is 138 Å². The third kappa shape index (κ3) is 9.05. The van der Waals surface area contributed by atoms with Crippen molar-refractivity contribution in [2.45, 2.75) is 39.2 Å². The lowest BCUT2D eigenvalue weighted by Crippen LogP contribution is -2.40. The van der Waals surface area contributed by atoms with Gasteiger partial charge in [-0.15, -0.1) is 0 Å². The molecule has 5 rings (SSSR count). The van der Waals surface area contributed by atoms with E-state index >= 15 is 0 Å². The third-order valence-corrected chi connectivity index (χ3v) is 7.80. The Morgan fingerprint density at radius 3 is 2.25 bits per heavy atom. The average molecular weight is 728 g/mol. The van der Waals surface area contributed by atoms with Gasteiger partial charge >= 0.3 is 17.8 Å². The van der Waals surface area contributed by atoms with Crippen molar-refractivity contribution in [3.63, 3.8) is 0 Å². The van der Waals surface area contributed by atoms with Gasteiger partial charge in [0.05, 0.1) is 30.4 Å². The lowest BCUT2D eigenvalue weighted by molar-refractivity contribution is -0.148. The summed E-state index contributed by atoms with van der Waals surface area (Å²) in [6.07, 6.45) is -3.55. The zero-order valence-electron chi connectivity index (χ0n) is 27.8. The van der Waals surface area contributed by atoms with E-state index in [2.05, 4.69) is 5.10 Å². The Kier molecular flexibility index (Phi) is 12.1. The fourth-order valence-corrected chi connectivity index (χ4v) is 4.77. The van der Waals surface area contributed by atoms with Gasteiger partial charge in [-0.3, -0.25) is 14.2 Å². The standard InChI is InChI=1S/C25H25F3N2O6.C10H8ClN3O/c1-5-16-6-7-17(20(12-16)36-15(2)23(32)34-4)14-35-19-10-8-18(9-11-19)30-22(31)13-21(25(26,27)28)29(3)24(30)33;11-9-8(12)6-13-14(10(9)15)7-4-2-1-3-5-7/h6-13,15H,5,14H2,1-4H3;1-6H,12H2. The molecule has 0 radical (unpaired) electrons. The van der Waals surface area contributed by atoms with Gasteiger partial charge in [-0.05, 0) is 61.4 Å². The van der Waals surface area contributed by atoms with Crippen molar-refractivity contribution in [2.24, 2.45) is 7.05 Å². The molecule has 268 valence electrons.